The Morgan fingerprint density at radius 2 is 1.89 bits per heavy atom. The minimum atomic E-state index is 0.138. The highest BCUT2D eigenvalue weighted by atomic mass is 35.5. The third-order valence-electron chi connectivity index (χ3n) is 3.78. The number of carbonyl (C=O) groups is 1. The molecular formula is C16H22ClNO. The Morgan fingerprint density at radius 3 is 2.53 bits per heavy atom. The van der Waals surface area contributed by atoms with Crippen LogP contribution in [0.4, 0.5) is 0 Å². The van der Waals surface area contributed by atoms with E-state index in [4.69, 9.17) is 11.6 Å². The standard InChI is InChI=1S/C16H22ClNO/c1-12-8-13(2)10-14(9-12)16(19)18-7-5-3-4-6-15(18)11-17/h8-10,15H,3-7,11H2,1-2H3. The number of halogens is 1. The van der Waals surface area contributed by atoms with Gasteiger partial charge in [-0.15, -0.1) is 11.6 Å². The van der Waals surface area contributed by atoms with Gasteiger partial charge in [0.15, 0.2) is 0 Å². The Kier molecular flexibility index (Phi) is 4.87. The molecule has 1 amide bonds. The van der Waals surface area contributed by atoms with E-state index in [1.165, 1.54) is 12.8 Å². The van der Waals surface area contributed by atoms with E-state index < -0.39 is 0 Å². The summed E-state index contributed by atoms with van der Waals surface area (Å²) >= 11 is 6.05. The summed E-state index contributed by atoms with van der Waals surface area (Å²) < 4.78 is 0. The van der Waals surface area contributed by atoms with E-state index in [0.29, 0.717) is 5.88 Å². The van der Waals surface area contributed by atoms with Crippen molar-refractivity contribution in [1.82, 2.24) is 4.90 Å². The van der Waals surface area contributed by atoms with Crippen molar-refractivity contribution >= 4 is 17.5 Å². The average Bonchev–Trinajstić information content (AvgIpc) is 2.61. The fourth-order valence-electron chi connectivity index (χ4n) is 2.87. The molecule has 1 aromatic carbocycles. The van der Waals surface area contributed by atoms with Gasteiger partial charge in [0, 0.05) is 24.0 Å². The number of amides is 1. The quantitative estimate of drug-likeness (QED) is 0.751. The lowest BCUT2D eigenvalue weighted by atomic mass is 10.1. The van der Waals surface area contributed by atoms with Gasteiger partial charge in [-0.25, -0.2) is 0 Å². The van der Waals surface area contributed by atoms with Crippen molar-refractivity contribution in [3.63, 3.8) is 0 Å². The maximum absolute atomic E-state index is 12.7. The van der Waals surface area contributed by atoms with Crippen molar-refractivity contribution in [3.05, 3.63) is 34.9 Å². The van der Waals surface area contributed by atoms with E-state index in [1.807, 2.05) is 30.9 Å². The van der Waals surface area contributed by atoms with Crippen LogP contribution < -0.4 is 0 Å². The van der Waals surface area contributed by atoms with Gasteiger partial charge in [0.1, 0.15) is 0 Å². The molecule has 3 heteroatoms. The maximum Gasteiger partial charge on any atom is 0.254 e. The lowest BCUT2D eigenvalue weighted by Crippen LogP contribution is -2.41. The Bertz CT molecular complexity index is 438. The van der Waals surface area contributed by atoms with Gasteiger partial charge < -0.3 is 4.90 Å². The molecule has 1 saturated heterocycles. The summed E-state index contributed by atoms with van der Waals surface area (Å²) in [6, 6.07) is 6.24. The Morgan fingerprint density at radius 1 is 1.21 bits per heavy atom. The van der Waals surface area contributed by atoms with E-state index in [-0.39, 0.29) is 11.9 Å². The van der Waals surface area contributed by atoms with Gasteiger partial charge in [-0.05, 0) is 38.8 Å². The molecule has 0 N–H and O–H groups in total. The van der Waals surface area contributed by atoms with E-state index in [0.717, 1.165) is 36.1 Å². The van der Waals surface area contributed by atoms with Gasteiger partial charge in [-0.1, -0.05) is 30.0 Å². The highest BCUT2D eigenvalue weighted by Gasteiger charge is 2.25. The molecule has 19 heavy (non-hydrogen) atoms. The molecule has 1 aliphatic rings. The zero-order valence-corrected chi connectivity index (χ0v) is 12.5. The number of hydrogen-bond donors (Lipinski definition) is 0. The number of aryl methyl sites for hydroxylation is 2. The molecular weight excluding hydrogens is 258 g/mol. The van der Waals surface area contributed by atoms with Crippen LogP contribution in [0.3, 0.4) is 0 Å². The van der Waals surface area contributed by atoms with Crippen LogP contribution in [0.15, 0.2) is 18.2 Å². The second kappa shape index (κ2) is 6.42. The van der Waals surface area contributed by atoms with E-state index in [9.17, 15) is 4.79 Å². The largest absolute Gasteiger partial charge is 0.334 e. The summed E-state index contributed by atoms with van der Waals surface area (Å²) in [4.78, 5) is 14.7. The number of nitrogens with zero attached hydrogens (tertiary/aromatic N) is 1. The summed E-state index contributed by atoms with van der Waals surface area (Å²) in [6.45, 7) is 4.90. The molecule has 1 fully saturated rings. The molecule has 2 rings (SSSR count). The number of rotatable bonds is 2. The zero-order valence-electron chi connectivity index (χ0n) is 11.8. The topological polar surface area (TPSA) is 20.3 Å². The SMILES string of the molecule is Cc1cc(C)cc(C(=O)N2CCCCCC2CCl)c1. The fraction of sp³-hybridized carbons (Fsp3) is 0.562. The second-order valence-electron chi connectivity index (χ2n) is 5.53. The molecule has 0 bridgehead atoms. The fourth-order valence-corrected chi connectivity index (χ4v) is 3.19. The van der Waals surface area contributed by atoms with Gasteiger partial charge in [0.05, 0.1) is 0 Å². The molecule has 0 radical (unpaired) electrons. The van der Waals surface area contributed by atoms with Crippen molar-refractivity contribution in [2.45, 2.75) is 45.6 Å². The predicted molar refractivity (Wildman–Crippen MR) is 79.9 cm³/mol. The number of benzene rings is 1. The first-order valence-electron chi connectivity index (χ1n) is 7.07. The van der Waals surface area contributed by atoms with Crippen molar-refractivity contribution in [1.29, 1.82) is 0 Å². The molecule has 1 heterocycles. The third-order valence-corrected chi connectivity index (χ3v) is 4.14. The Balaban J connectivity index is 2.25. The van der Waals surface area contributed by atoms with Crippen molar-refractivity contribution in [2.75, 3.05) is 12.4 Å². The summed E-state index contributed by atoms with van der Waals surface area (Å²) in [6.07, 6.45) is 4.49. The molecule has 0 spiro atoms. The second-order valence-corrected chi connectivity index (χ2v) is 5.84. The first kappa shape index (κ1) is 14.4. The molecule has 1 aromatic rings. The smallest absolute Gasteiger partial charge is 0.254 e. The summed E-state index contributed by atoms with van der Waals surface area (Å²) in [5.41, 5.74) is 3.08. The van der Waals surface area contributed by atoms with Crippen molar-refractivity contribution in [3.8, 4) is 0 Å². The van der Waals surface area contributed by atoms with Crippen LogP contribution in [-0.2, 0) is 0 Å². The first-order valence-corrected chi connectivity index (χ1v) is 7.60. The van der Waals surface area contributed by atoms with Crippen LogP contribution in [0.1, 0.15) is 47.2 Å². The minimum Gasteiger partial charge on any atom is -0.334 e. The van der Waals surface area contributed by atoms with Crippen LogP contribution >= 0.6 is 11.6 Å². The van der Waals surface area contributed by atoms with Crippen LogP contribution in [-0.4, -0.2) is 29.3 Å². The molecule has 1 atom stereocenters. The zero-order chi connectivity index (χ0) is 13.8. The van der Waals surface area contributed by atoms with E-state index in [1.54, 1.807) is 0 Å². The Hall–Kier alpha value is -1.02. The van der Waals surface area contributed by atoms with Crippen molar-refractivity contribution in [2.24, 2.45) is 0 Å². The van der Waals surface area contributed by atoms with Gasteiger partial charge in [0.25, 0.3) is 5.91 Å². The van der Waals surface area contributed by atoms with E-state index >= 15 is 0 Å². The van der Waals surface area contributed by atoms with Gasteiger partial charge in [-0.3, -0.25) is 4.79 Å². The van der Waals surface area contributed by atoms with Crippen LogP contribution in [0.2, 0.25) is 0 Å². The van der Waals surface area contributed by atoms with Gasteiger partial charge >= 0.3 is 0 Å². The molecule has 0 saturated carbocycles. The maximum atomic E-state index is 12.7. The number of carbonyl (C=O) groups excluding carboxylic acids is 1. The average molecular weight is 280 g/mol. The molecule has 104 valence electrons. The van der Waals surface area contributed by atoms with Gasteiger partial charge in [0.2, 0.25) is 0 Å². The van der Waals surface area contributed by atoms with Crippen LogP contribution in [0.25, 0.3) is 0 Å². The normalized spacial score (nSPS) is 20.2. The number of likely N-dealkylation sites (tertiary alicyclic amines) is 1. The lowest BCUT2D eigenvalue weighted by Gasteiger charge is -2.29. The lowest BCUT2D eigenvalue weighted by molar-refractivity contribution is 0.0700. The Labute approximate surface area is 120 Å². The monoisotopic (exact) mass is 279 g/mol. The predicted octanol–water partition coefficient (Wildman–Crippen LogP) is 3.93. The van der Waals surface area contributed by atoms with Crippen molar-refractivity contribution < 1.29 is 4.79 Å². The van der Waals surface area contributed by atoms with Crippen LogP contribution in [0.5, 0.6) is 0 Å². The summed E-state index contributed by atoms with van der Waals surface area (Å²) in [7, 11) is 0. The minimum absolute atomic E-state index is 0.138. The number of alkyl halides is 1. The molecule has 1 aliphatic heterocycles. The first-order chi connectivity index (χ1) is 9.11. The molecule has 0 aliphatic carbocycles. The molecule has 0 aromatic heterocycles. The summed E-state index contributed by atoms with van der Waals surface area (Å²) in [5, 5.41) is 0. The third kappa shape index (κ3) is 3.50. The van der Waals surface area contributed by atoms with Crippen LogP contribution in [0, 0.1) is 13.8 Å². The van der Waals surface area contributed by atoms with E-state index in [2.05, 4.69) is 6.07 Å². The highest BCUT2D eigenvalue weighted by molar-refractivity contribution is 6.18. The van der Waals surface area contributed by atoms with Gasteiger partial charge in [-0.2, -0.15) is 0 Å². The highest BCUT2D eigenvalue weighted by Crippen LogP contribution is 2.21. The summed E-state index contributed by atoms with van der Waals surface area (Å²) in [5.74, 6) is 0.677. The molecule has 2 nitrogen and oxygen atoms in total. The molecule has 1 unspecified atom stereocenters. The number of hydrogen-bond acceptors (Lipinski definition) is 1.